The number of fused-ring (bicyclic) bond motifs is 1. The molecule has 0 spiro atoms. The number of hydrogen-bond acceptors (Lipinski definition) is 3. The average molecular weight is 216 g/mol. The Balaban J connectivity index is 2.95. The van der Waals surface area contributed by atoms with Gasteiger partial charge in [0.1, 0.15) is 0 Å². The molecule has 0 radical (unpaired) electrons. The van der Waals surface area contributed by atoms with Crippen molar-refractivity contribution in [3.8, 4) is 0 Å². The van der Waals surface area contributed by atoms with Gasteiger partial charge < -0.3 is 5.21 Å². The van der Waals surface area contributed by atoms with Crippen LogP contribution in [-0.4, -0.2) is 4.92 Å². The number of rotatable bonds is 2. The normalized spacial score (nSPS) is 10.2. The summed E-state index contributed by atoms with van der Waals surface area (Å²) in [7, 11) is 0. The fourth-order valence-electron chi connectivity index (χ4n) is 1.66. The first kappa shape index (κ1) is 10.1. The van der Waals surface area contributed by atoms with E-state index < -0.39 is 4.92 Å². The lowest BCUT2D eigenvalue weighted by Gasteiger charge is -2.03. The zero-order valence-electron chi connectivity index (χ0n) is 8.29. The zero-order valence-corrected chi connectivity index (χ0v) is 8.29. The van der Waals surface area contributed by atoms with E-state index in [1.807, 2.05) is 0 Å². The van der Waals surface area contributed by atoms with Crippen LogP contribution in [0.3, 0.4) is 0 Å². The number of hydrogen-bond donors (Lipinski definition) is 0. The number of nitrogens with zero attached hydrogens (tertiary/aromatic N) is 2. The smallest absolute Gasteiger partial charge is 0.278 e. The Labute approximate surface area is 91.0 Å². The zero-order chi connectivity index (χ0) is 11.7. The molecule has 0 N–H and O–H groups in total. The lowest BCUT2D eigenvalue weighted by Crippen LogP contribution is -2.24. The van der Waals surface area contributed by atoms with Crippen LogP contribution in [0, 0.1) is 15.3 Å². The van der Waals surface area contributed by atoms with Gasteiger partial charge >= 0.3 is 0 Å². The minimum absolute atomic E-state index is 0.0204. The average Bonchev–Trinajstić information content (AvgIpc) is 2.26. The Morgan fingerprint density at radius 2 is 2.12 bits per heavy atom. The first-order chi connectivity index (χ1) is 7.63. The van der Waals surface area contributed by atoms with Gasteiger partial charge in [-0.05, 0) is 6.07 Å². The Bertz CT molecular complexity index is 593. The van der Waals surface area contributed by atoms with Crippen LogP contribution < -0.4 is 4.73 Å². The first-order valence-corrected chi connectivity index (χ1v) is 4.56. The van der Waals surface area contributed by atoms with E-state index in [9.17, 15) is 15.3 Å². The standard InChI is InChI=1S/C11H8N2O3/c1-2-8-6-12(14)7-9-4-3-5-10(11(8)9)13(15)16/h2-7H,1H2. The van der Waals surface area contributed by atoms with E-state index in [0.717, 1.165) is 0 Å². The molecule has 0 atom stereocenters. The number of non-ortho nitro benzene ring substituents is 1. The quantitative estimate of drug-likeness (QED) is 0.333. The van der Waals surface area contributed by atoms with E-state index in [1.54, 1.807) is 12.1 Å². The van der Waals surface area contributed by atoms with Gasteiger partial charge in [-0.1, -0.05) is 18.7 Å². The molecule has 1 aromatic heterocycles. The van der Waals surface area contributed by atoms with Crippen LogP contribution in [-0.2, 0) is 0 Å². The summed E-state index contributed by atoms with van der Waals surface area (Å²) in [5.74, 6) is 0. The summed E-state index contributed by atoms with van der Waals surface area (Å²) in [6.45, 7) is 3.55. The summed E-state index contributed by atoms with van der Waals surface area (Å²) >= 11 is 0. The van der Waals surface area contributed by atoms with Crippen molar-refractivity contribution < 1.29 is 9.65 Å². The van der Waals surface area contributed by atoms with Crippen molar-refractivity contribution in [1.82, 2.24) is 0 Å². The van der Waals surface area contributed by atoms with Gasteiger partial charge in [0.05, 0.1) is 21.3 Å². The topological polar surface area (TPSA) is 70.1 Å². The highest BCUT2D eigenvalue weighted by Gasteiger charge is 2.16. The lowest BCUT2D eigenvalue weighted by molar-refractivity contribution is -0.604. The second kappa shape index (κ2) is 3.62. The minimum atomic E-state index is -0.468. The van der Waals surface area contributed by atoms with Crippen LogP contribution in [0.25, 0.3) is 16.8 Å². The summed E-state index contributed by atoms with van der Waals surface area (Å²) in [6, 6.07) is 4.61. The minimum Gasteiger partial charge on any atom is -0.619 e. The third-order valence-electron chi connectivity index (χ3n) is 2.31. The Hall–Kier alpha value is -2.43. The predicted molar refractivity (Wildman–Crippen MR) is 59.7 cm³/mol. The van der Waals surface area contributed by atoms with Gasteiger partial charge in [0.2, 0.25) is 0 Å². The fraction of sp³-hybridized carbons (Fsp3) is 0. The second-order valence-electron chi connectivity index (χ2n) is 3.28. The van der Waals surface area contributed by atoms with Crippen molar-refractivity contribution in [1.29, 1.82) is 0 Å². The maximum Gasteiger partial charge on any atom is 0.278 e. The maximum atomic E-state index is 11.2. The van der Waals surface area contributed by atoms with Crippen molar-refractivity contribution in [3.63, 3.8) is 0 Å². The molecule has 80 valence electrons. The summed E-state index contributed by atoms with van der Waals surface area (Å²) < 4.78 is 0.614. The molecule has 2 aromatic rings. The number of aromatic nitrogens is 1. The molecule has 16 heavy (non-hydrogen) atoms. The Morgan fingerprint density at radius 3 is 2.75 bits per heavy atom. The number of benzene rings is 1. The van der Waals surface area contributed by atoms with Crippen molar-refractivity contribution in [3.05, 3.63) is 58.1 Å². The van der Waals surface area contributed by atoms with Gasteiger partial charge in [0.25, 0.3) is 5.69 Å². The fourth-order valence-corrected chi connectivity index (χ4v) is 1.66. The molecule has 1 heterocycles. The van der Waals surface area contributed by atoms with Crippen molar-refractivity contribution >= 4 is 22.5 Å². The van der Waals surface area contributed by atoms with E-state index in [-0.39, 0.29) is 5.69 Å². The largest absolute Gasteiger partial charge is 0.619 e. The van der Waals surface area contributed by atoms with E-state index in [2.05, 4.69) is 6.58 Å². The number of nitro groups is 1. The van der Waals surface area contributed by atoms with Gasteiger partial charge in [0, 0.05) is 6.07 Å². The summed E-state index contributed by atoms with van der Waals surface area (Å²) in [6.07, 6.45) is 4.00. The maximum absolute atomic E-state index is 11.2. The molecular formula is C11H8N2O3. The first-order valence-electron chi connectivity index (χ1n) is 4.56. The highest BCUT2D eigenvalue weighted by molar-refractivity contribution is 5.96. The molecule has 2 rings (SSSR count). The van der Waals surface area contributed by atoms with Crippen molar-refractivity contribution in [2.24, 2.45) is 0 Å². The van der Waals surface area contributed by atoms with Gasteiger partial charge in [-0.2, -0.15) is 4.73 Å². The molecule has 0 saturated heterocycles. The molecule has 1 aromatic carbocycles. The molecule has 0 amide bonds. The highest BCUT2D eigenvalue weighted by atomic mass is 16.6. The molecule has 0 saturated carbocycles. The molecule has 0 aliphatic carbocycles. The van der Waals surface area contributed by atoms with Crippen molar-refractivity contribution in [2.45, 2.75) is 0 Å². The Kier molecular flexibility index (Phi) is 2.28. The van der Waals surface area contributed by atoms with Crippen LogP contribution in [0.15, 0.2) is 37.2 Å². The van der Waals surface area contributed by atoms with Gasteiger partial charge in [-0.15, -0.1) is 0 Å². The van der Waals surface area contributed by atoms with E-state index in [1.165, 1.54) is 24.5 Å². The van der Waals surface area contributed by atoms with E-state index in [0.29, 0.717) is 21.1 Å². The summed E-state index contributed by atoms with van der Waals surface area (Å²) in [5, 5.41) is 23.1. The van der Waals surface area contributed by atoms with Crippen molar-refractivity contribution in [2.75, 3.05) is 0 Å². The molecule has 0 unspecified atom stereocenters. The highest BCUT2D eigenvalue weighted by Crippen LogP contribution is 2.27. The number of nitro benzene ring substituents is 1. The third kappa shape index (κ3) is 1.48. The third-order valence-corrected chi connectivity index (χ3v) is 2.31. The van der Waals surface area contributed by atoms with Gasteiger partial charge in [0.15, 0.2) is 12.4 Å². The van der Waals surface area contributed by atoms with Gasteiger partial charge in [-0.3, -0.25) is 10.1 Å². The predicted octanol–water partition coefficient (Wildman–Crippen LogP) is 2.02. The molecule has 0 aliphatic rings. The molecule has 5 nitrogen and oxygen atoms in total. The van der Waals surface area contributed by atoms with Crippen LogP contribution in [0.4, 0.5) is 5.69 Å². The van der Waals surface area contributed by atoms with Crippen LogP contribution in [0.2, 0.25) is 0 Å². The molecule has 5 heteroatoms. The summed E-state index contributed by atoms with van der Waals surface area (Å²) in [4.78, 5) is 10.4. The van der Waals surface area contributed by atoms with E-state index >= 15 is 0 Å². The van der Waals surface area contributed by atoms with Crippen LogP contribution in [0.1, 0.15) is 5.56 Å². The molecule has 0 fully saturated rings. The monoisotopic (exact) mass is 216 g/mol. The van der Waals surface area contributed by atoms with Gasteiger partial charge in [-0.25, -0.2) is 0 Å². The summed E-state index contributed by atoms with van der Waals surface area (Å²) in [5.41, 5.74) is 0.438. The SMILES string of the molecule is C=Cc1c[n+]([O-])cc2cccc([N+](=O)[O-])c12. The molecular weight excluding hydrogens is 208 g/mol. The number of pyridine rings is 1. The van der Waals surface area contributed by atoms with Crippen LogP contribution in [0.5, 0.6) is 0 Å². The second-order valence-corrected chi connectivity index (χ2v) is 3.28. The van der Waals surface area contributed by atoms with Crippen LogP contribution >= 0.6 is 0 Å². The lowest BCUT2D eigenvalue weighted by atomic mass is 10.1. The molecule has 0 aliphatic heterocycles. The molecule has 0 bridgehead atoms. The van der Waals surface area contributed by atoms with E-state index in [4.69, 9.17) is 0 Å². The Morgan fingerprint density at radius 1 is 1.38 bits per heavy atom.